The lowest BCUT2D eigenvalue weighted by Gasteiger charge is -2.09. The van der Waals surface area contributed by atoms with Crippen molar-refractivity contribution in [1.82, 2.24) is 5.32 Å². The van der Waals surface area contributed by atoms with Gasteiger partial charge in [-0.1, -0.05) is 31.2 Å². The van der Waals surface area contributed by atoms with Crippen molar-refractivity contribution in [2.75, 3.05) is 6.54 Å². The maximum Gasteiger partial charge on any atom is 0.303 e. The van der Waals surface area contributed by atoms with E-state index in [1.54, 1.807) is 43.3 Å². The lowest BCUT2D eigenvalue weighted by atomic mass is 10.1. The molecule has 0 radical (unpaired) electrons. The zero-order chi connectivity index (χ0) is 17.7. The third kappa shape index (κ3) is 4.55. The van der Waals surface area contributed by atoms with Crippen LogP contribution in [0.5, 0.6) is 0 Å². The lowest BCUT2D eigenvalue weighted by molar-refractivity contribution is -0.137. The van der Waals surface area contributed by atoms with E-state index >= 15 is 0 Å². The number of ketones is 1. The molecule has 126 valence electrons. The standard InChI is InChI=1S/C18H19NO5/c1-11(9-17(21)22)10-19-18(23)16-8-7-15(24-16)14-5-3-13(4-6-14)12(2)20/h3-8,11H,9-10H2,1-2H3,(H,19,23)(H,21,22). The highest BCUT2D eigenvalue weighted by Crippen LogP contribution is 2.22. The summed E-state index contributed by atoms with van der Waals surface area (Å²) in [4.78, 5) is 33.9. The van der Waals surface area contributed by atoms with Crippen LogP contribution in [0.4, 0.5) is 0 Å². The molecule has 0 spiro atoms. The van der Waals surface area contributed by atoms with Gasteiger partial charge in [0.2, 0.25) is 0 Å². The number of hydrogen-bond donors (Lipinski definition) is 2. The Hall–Kier alpha value is -2.89. The average Bonchev–Trinajstić information content (AvgIpc) is 3.02. The summed E-state index contributed by atoms with van der Waals surface area (Å²) in [6.07, 6.45) is -0.00776. The molecule has 2 N–H and O–H groups in total. The van der Waals surface area contributed by atoms with Gasteiger partial charge in [-0.3, -0.25) is 14.4 Å². The molecule has 2 aromatic rings. The number of carboxylic acid groups (broad SMARTS) is 1. The molecule has 0 saturated heterocycles. The Balaban J connectivity index is 2.00. The van der Waals surface area contributed by atoms with Gasteiger partial charge in [0.1, 0.15) is 5.76 Å². The van der Waals surface area contributed by atoms with E-state index in [-0.39, 0.29) is 36.3 Å². The van der Waals surface area contributed by atoms with Crippen molar-refractivity contribution in [1.29, 1.82) is 0 Å². The van der Waals surface area contributed by atoms with Crippen LogP contribution in [-0.4, -0.2) is 29.3 Å². The van der Waals surface area contributed by atoms with Crippen molar-refractivity contribution in [2.45, 2.75) is 20.3 Å². The predicted octanol–water partition coefficient (Wildman–Crippen LogP) is 2.99. The Morgan fingerprint density at radius 2 is 1.79 bits per heavy atom. The Kier molecular flexibility index (Phi) is 5.52. The Morgan fingerprint density at radius 1 is 1.12 bits per heavy atom. The van der Waals surface area contributed by atoms with E-state index in [1.165, 1.54) is 6.92 Å². The van der Waals surface area contributed by atoms with Gasteiger partial charge < -0.3 is 14.8 Å². The van der Waals surface area contributed by atoms with Crippen LogP contribution in [-0.2, 0) is 4.79 Å². The number of benzene rings is 1. The molecule has 0 fully saturated rings. The normalized spacial score (nSPS) is 11.8. The number of carbonyl (C=O) groups excluding carboxylic acids is 2. The molecule has 6 nitrogen and oxygen atoms in total. The molecular formula is C18H19NO5. The van der Waals surface area contributed by atoms with Crippen molar-refractivity contribution in [3.63, 3.8) is 0 Å². The Morgan fingerprint density at radius 3 is 2.38 bits per heavy atom. The summed E-state index contributed by atoms with van der Waals surface area (Å²) in [7, 11) is 0. The fourth-order valence-corrected chi connectivity index (χ4v) is 2.21. The van der Waals surface area contributed by atoms with Crippen molar-refractivity contribution >= 4 is 17.7 Å². The van der Waals surface area contributed by atoms with Gasteiger partial charge in [0.25, 0.3) is 5.91 Å². The molecule has 1 heterocycles. The maximum atomic E-state index is 12.0. The third-order valence-corrected chi connectivity index (χ3v) is 3.54. The van der Waals surface area contributed by atoms with Gasteiger partial charge in [-0.15, -0.1) is 0 Å². The van der Waals surface area contributed by atoms with Crippen LogP contribution in [0.2, 0.25) is 0 Å². The van der Waals surface area contributed by atoms with Crippen LogP contribution < -0.4 is 5.32 Å². The first kappa shape index (κ1) is 17.5. The zero-order valence-electron chi connectivity index (χ0n) is 13.5. The van der Waals surface area contributed by atoms with Crippen molar-refractivity contribution in [3.8, 4) is 11.3 Å². The second-order valence-corrected chi connectivity index (χ2v) is 5.71. The molecule has 1 aromatic heterocycles. The summed E-state index contributed by atoms with van der Waals surface area (Å²) in [5.74, 6) is -0.793. The fourth-order valence-electron chi connectivity index (χ4n) is 2.21. The molecule has 1 atom stereocenters. The molecule has 0 saturated carbocycles. The molecule has 1 aromatic carbocycles. The van der Waals surface area contributed by atoms with Crippen LogP contribution >= 0.6 is 0 Å². The van der Waals surface area contributed by atoms with E-state index in [4.69, 9.17) is 9.52 Å². The lowest BCUT2D eigenvalue weighted by Crippen LogP contribution is -2.28. The first-order valence-corrected chi connectivity index (χ1v) is 7.58. The number of carboxylic acids is 1. The van der Waals surface area contributed by atoms with E-state index in [9.17, 15) is 14.4 Å². The minimum atomic E-state index is -0.897. The van der Waals surface area contributed by atoms with Gasteiger partial charge in [-0.2, -0.15) is 0 Å². The van der Waals surface area contributed by atoms with E-state index in [1.807, 2.05) is 0 Å². The van der Waals surface area contributed by atoms with Crippen molar-refractivity contribution in [2.24, 2.45) is 5.92 Å². The third-order valence-electron chi connectivity index (χ3n) is 3.54. The quantitative estimate of drug-likeness (QED) is 0.761. The van der Waals surface area contributed by atoms with Crippen LogP contribution in [0, 0.1) is 5.92 Å². The SMILES string of the molecule is CC(=O)c1ccc(-c2ccc(C(=O)NCC(C)CC(=O)O)o2)cc1. The summed E-state index contributed by atoms with van der Waals surface area (Å²) >= 11 is 0. The monoisotopic (exact) mass is 329 g/mol. The minimum absolute atomic E-state index is 0.00776. The molecule has 0 aliphatic rings. The van der Waals surface area contributed by atoms with E-state index in [0.717, 1.165) is 5.56 Å². The molecule has 0 bridgehead atoms. The maximum absolute atomic E-state index is 12.0. The number of nitrogens with one attached hydrogen (secondary N) is 1. The highest BCUT2D eigenvalue weighted by atomic mass is 16.4. The zero-order valence-corrected chi connectivity index (χ0v) is 13.5. The first-order chi connectivity index (χ1) is 11.4. The van der Waals surface area contributed by atoms with Crippen molar-refractivity contribution < 1.29 is 23.9 Å². The van der Waals surface area contributed by atoms with Crippen LogP contribution in [0.1, 0.15) is 41.2 Å². The Labute approximate surface area is 139 Å². The second kappa shape index (κ2) is 7.59. The van der Waals surface area contributed by atoms with Gasteiger partial charge in [0.05, 0.1) is 0 Å². The molecule has 1 unspecified atom stereocenters. The van der Waals surface area contributed by atoms with E-state index in [0.29, 0.717) is 11.3 Å². The van der Waals surface area contributed by atoms with Crippen LogP contribution in [0.25, 0.3) is 11.3 Å². The van der Waals surface area contributed by atoms with E-state index < -0.39 is 5.97 Å². The molecule has 24 heavy (non-hydrogen) atoms. The van der Waals surface area contributed by atoms with Crippen molar-refractivity contribution in [3.05, 3.63) is 47.7 Å². The molecule has 0 aliphatic carbocycles. The van der Waals surface area contributed by atoms with Gasteiger partial charge in [0, 0.05) is 24.1 Å². The first-order valence-electron chi connectivity index (χ1n) is 7.58. The number of amides is 1. The van der Waals surface area contributed by atoms with Gasteiger partial charge >= 0.3 is 5.97 Å². The van der Waals surface area contributed by atoms with Gasteiger partial charge in [-0.05, 0) is 25.0 Å². The Bertz CT molecular complexity index is 745. The molecule has 6 heteroatoms. The minimum Gasteiger partial charge on any atom is -0.481 e. The number of Topliss-reactive ketones (excluding diaryl/α,β-unsaturated/α-hetero) is 1. The largest absolute Gasteiger partial charge is 0.481 e. The predicted molar refractivity (Wildman–Crippen MR) is 87.9 cm³/mol. The average molecular weight is 329 g/mol. The van der Waals surface area contributed by atoms with Gasteiger partial charge in [-0.25, -0.2) is 0 Å². The van der Waals surface area contributed by atoms with Crippen LogP contribution in [0.3, 0.4) is 0 Å². The van der Waals surface area contributed by atoms with Crippen LogP contribution in [0.15, 0.2) is 40.8 Å². The number of furan rings is 1. The molecular weight excluding hydrogens is 310 g/mol. The molecule has 2 rings (SSSR count). The highest BCUT2D eigenvalue weighted by Gasteiger charge is 2.14. The fraction of sp³-hybridized carbons (Fsp3) is 0.278. The summed E-state index contributed by atoms with van der Waals surface area (Å²) in [5, 5.41) is 11.3. The summed E-state index contributed by atoms with van der Waals surface area (Å²) in [6.45, 7) is 3.50. The number of rotatable bonds is 7. The molecule has 1 amide bonds. The topological polar surface area (TPSA) is 96.6 Å². The van der Waals surface area contributed by atoms with E-state index in [2.05, 4.69) is 5.32 Å². The summed E-state index contributed by atoms with van der Waals surface area (Å²) < 4.78 is 5.53. The summed E-state index contributed by atoms with van der Waals surface area (Å²) in [5.41, 5.74) is 1.37. The molecule has 0 aliphatic heterocycles. The highest BCUT2D eigenvalue weighted by molar-refractivity contribution is 5.94. The number of hydrogen-bond acceptors (Lipinski definition) is 4. The second-order valence-electron chi connectivity index (χ2n) is 5.71. The number of carbonyl (C=O) groups is 3. The van der Waals surface area contributed by atoms with Gasteiger partial charge in [0.15, 0.2) is 11.5 Å². The number of aliphatic carboxylic acids is 1. The smallest absolute Gasteiger partial charge is 0.303 e. The summed E-state index contributed by atoms with van der Waals surface area (Å²) in [6, 6.07) is 10.2.